The summed E-state index contributed by atoms with van der Waals surface area (Å²) in [5, 5.41) is 7.10. The highest BCUT2D eigenvalue weighted by Gasteiger charge is 2.34. The quantitative estimate of drug-likeness (QED) is 0.525. The van der Waals surface area contributed by atoms with Gasteiger partial charge in [0.1, 0.15) is 17.1 Å². The SMILES string of the molecule is CCOC(=O)c1ccc(C)c(NC(=S)N[C@H]2CC(C)(C)Oc3cc(OC)ccc32)c1. The van der Waals surface area contributed by atoms with Crippen LogP contribution in [0, 0.1) is 6.92 Å². The van der Waals surface area contributed by atoms with Crippen LogP contribution in [0.3, 0.4) is 0 Å². The summed E-state index contributed by atoms with van der Waals surface area (Å²) in [5.74, 6) is 1.18. The maximum absolute atomic E-state index is 12.0. The van der Waals surface area contributed by atoms with Gasteiger partial charge in [0.25, 0.3) is 0 Å². The third-order valence-electron chi connectivity index (χ3n) is 4.98. The minimum Gasteiger partial charge on any atom is -0.497 e. The fraction of sp³-hybridized carbons (Fsp3) is 0.391. The summed E-state index contributed by atoms with van der Waals surface area (Å²) in [7, 11) is 1.64. The Hall–Kier alpha value is -2.80. The second-order valence-corrected chi connectivity index (χ2v) is 8.28. The molecule has 1 heterocycles. The van der Waals surface area contributed by atoms with Crippen molar-refractivity contribution in [2.75, 3.05) is 19.0 Å². The number of methoxy groups -OCH3 is 1. The normalized spacial score (nSPS) is 16.6. The molecule has 1 aliphatic heterocycles. The highest BCUT2D eigenvalue weighted by Crippen LogP contribution is 2.41. The topological polar surface area (TPSA) is 68.8 Å². The van der Waals surface area contributed by atoms with Crippen LogP contribution in [0.1, 0.15) is 54.7 Å². The Kier molecular flexibility index (Phi) is 6.51. The molecule has 2 N–H and O–H groups in total. The second kappa shape index (κ2) is 8.92. The summed E-state index contributed by atoms with van der Waals surface area (Å²) >= 11 is 5.59. The predicted molar refractivity (Wildman–Crippen MR) is 122 cm³/mol. The number of ether oxygens (including phenoxy) is 3. The van der Waals surface area contributed by atoms with E-state index in [9.17, 15) is 4.79 Å². The van der Waals surface area contributed by atoms with Gasteiger partial charge in [-0.05, 0) is 69.7 Å². The van der Waals surface area contributed by atoms with Gasteiger partial charge >= 0.3 is 5.97 Å². The van der Waals surface area contributed by atoms with Crippen molar-refractivity contribution in [1.29, 1.82) is 0 Å². The van der Waals surface area contributed by atoms with Crippen molar-refractivity contribution in [1.82, 2.24) is 5.32 Å². The number of carbonyl (C=O) groups excluding carboxylic acids is 1. The van der Waals surface area contributed by atoms with Gasteiger partial charge in [-0.2, -0.15) is 0 Å². The molecular formula is C23H28N2O4S. The summed E-state index contributed by atoms with van der Waals surface area (Å²) < 4.78 is 16.6. The van der Waals surface area contributed by atoms with E-state index >= 15 is 0 Å². The molecule has 0 aliphatic carbocycles. The zero-order chi connectivity index (χ0) is 21.9. The Balaban J connectivity index is 1.78. The van der Waals surface area contributed by atoms with Gasteiger partial charge in [-0.3, -0.25) is 0 Å². The molecule has 3 rings (SSSR count). The largest absolute Gasteiger partial charge is 0.497 e. The van der Waals surface area contributed by atoms with E-state index in [1.807, 2.05) is 45.0 Å². The molecule has 0 spiro atoms. The first-order chi connectivity index (χ1) is 14.2. The van der Waals surface area contributed by atoms with Crippen LogP contribution in [0.25, 0.3) is 0 Å². The summed E-state index contributed by atoms with van der Waals surface area (Å²) in [6.07, 6.45) is 0.746. The summed E-state index contributed by atoms with van der Waals surface area (Å²) in [5.41, 5.74) is 2.89. The van der Waals surface area contributed by atoms with E-state index in [1.54, 1.807) is 26.2 Å². The molecule has 0 unspecified atom stereocenters. The van der Waals surface area contributed by atoms with Gasteiger partial charge in [-0.1, -0.05) is 6.07 Å². The molecule has 0 amide bonds. The van der Waals surface area contributed by atoms with Gasteiger partial charge in [0.2, 0.25) is 0 Å². The van der Waals surface area contributed by atoms with Crippen LogP contribution in [0.4, 0.5) is 5.69 Å². The van der Waals surface area contributed by atoms with Crippen LogP contribution in [0.15, 0.2) is 36.4 Å². The van der Waals surface area contributed by atoms with Crippen molar-refractivity contribution >= 4 is 29.0 Å². The highest BCUT2D eigenvalue weighted by atomic mass is 32.1. The van der Waals surface area contributed by atoms with E-state index in [2.05, 4.69) is 10.6 Å². The van der Waals surface area contributed by atoms with E-state index in [0.717, 1.165) is 34.7 Å². The van der Waals surface area contributed by atoms with Crippen molar-refractivity contribution in [2.45, 2.75) is 45.8 Å². The number of hydrogen-bond donors (Lipinski definition) is 2. The summed E-state index contributed by atoms with van der Waals surface area (Å²) in [4.78, 5) is 12.0. The van der Waals surface area contributed by atoms with Crippen LogP contribution < -0.4 is 20.1 Å². The lowest BCUT2D eigenvalue weighted by Crippen LogP contribution is -2.42. The van der Waals surface area contributed by atoms with Gasteiger partial charge in [-0.25, -0.2) is 4.79 Å². The monoisotopic (exact) mass is 428 g/mol. The fourth-order valence-electron chi connectivity index (χ4n) is 3.50. The molecular weight excluding hydrogens is 400 g/mol. The Morgan fingerprint density at radius 1 is 1.27 bits per heavy atom. The van der Waals surface area contributed by atoms with Gasteiger partial charge in [0.05, 0.1) is 25.3 Å². The molecule has 0 bridgehead atoms. The molecule has 0 fully saturated rings. The van der Waals surface area contributed by atoms with E-state index in [4.69, 9.17) is 26.4 Å². The van der Waals surface area contributed by atoms with Crippen molar-refractivity contribution in [3.8, 4) is 11.5 Å². The molecule has 1 aliphatic rings. The average molecular weight is 429 g/mol. The number of rotatable bonds is 5. The highest BCUT2D eigenvalue weighted by molar-refractivity contribution is 7.80. The Morgan fingerprint density at radius 3 is 2.73 bits per heavy atom. The molecule has 7 heteroatoms. The minimum absolute atomic E-state index is 0.0248. The van der Waals surface area contributed by atoms with Crippen LogP contribution in [0.2, 0.25) is 0 Å². The van der Waals surface area contributed by atoms with Crippen molar-refractivity contribution in [2.24, 2.45) is 0 Å². The zero-order valence-electron chi connectivity index (χ0n) is 18.0. The molecule has 2 aromatic carbocycles. The standard InChI is InChI=1S/C23H28N2O4S/c1-6-28-21(26)15-8-7-14(2)18(11-15)24-22(30)25-19-13-23(3,4)29-20-12-16(27-5)9-10-17(19)20/h7-12,19H,6,13H2,1-5H3,(H2,24,25,30)/t19-/m0/s1. The molecule has 6 nitrogen and oxygen atoms in total. The smallest absolute Gasteiger partial charge is 0.338 e. The first-order valence-electron chi connectivity index (χ1n) is 9.94. The third kappa shape index (κ3) is 5.02. The van der Waals surface area contributed by atoms with E-state index in [1.165, 1.54) is 0 Å². The zero-order valence-corrected chi connectivity index (χ0v) is 18.8. The van der Waals surface area contributed by atoms with Gasteiger partial charge < -0.3 is 24.8 Å². The number of aryl methyl sites for hydroxylation is 1. The number of hydrogen-bond acceptors (Lipinski definition) is 5. The third-order valence-corrected chi connectivity index (χ3v) is 5.20. The fourth-order valence-corrected chi connectivity index (χ4v) is 3.75. The number of benzene rings is 2. The summed E-state index contributed by atoms with van der Waals surface area (Å²) in [6, 6.07) is 11.2. The molecule has 0 saturated heterocycles. The van der Waals surface area contributed by atoms with Crippen LogP contribution in [-0.2, 0) is 4.74 Å². The molecule has 30 heavy (non-hydrogen) atoms. The number of fused-ring (bicyclic) bond motifs is 1. The number of anilines is 1. The van der Waals surface area contributed by atoms with Crippen LogP contribution in [-0.4, -0.2) is 30.4 Å². The lowest BCUT2D eigenvalue weighted by atomic mass is 9.89. The number of nitrogens with one attached hydrogen (secondary N) is 2. The van der Waals surface area contributed by atoms with E-state index in [-0.39, 0.29) is 17.6 Å². The number of esters is 1. The first kappa shape index (κ1) is 21.9. The molecule has 2 aromatic rings. The van der Waals surface area contributed by atoms with Crippen LogP contribution in [0.5, 0.6) is 11.5 Å². The minimum atomic E-state index is -0.355. The first-order valence-corrected chi connectivity index (χ1v) is 10.4. The number of thiocarbonyl (C=S) groups is 1. The maximum Gasteiger partial charge on any atom is 0.338 e. The van der Waals surface area contributed by atoms with Gasteiger partial charge in [0.15, 0.2) is 5.11 Å². The van der Waals surface area contributed by atoms with Crippen molar-refractivity contribution in [3.05, 3.63) is 53.1 Å². The van der Waals surface area contributed by atoms with Crippen LogP contribution >= 0.6 is 12.2 Å². The Labute approximate surface area is 182 Å². The Morgan fingerprint density at radius 2 is 2.03 bits per heavy atom. The molecule has 0 aromatic heterocycles. The molecule has 1 atom stereocenters. The van der Waals surface area contributed by atoms with Crippen molar-refractivity contribution < 1.29 is 19.0 Å². The second-order valence-electron chi connectivity index (χ2n) is 7.87. The van der Waals surface area contributed by atoms with Gasteiger partial charge in [-0.15, -0.1) is 0 Å². The van der Waals surface area contributed by atoms with E-state index in [0.29, 0.717) is 17.3 Å². The van der Waals surface area contributed by atoms with E-state index < -0.39 is 0 Å². The summed E-state index contributed by atoms with van der Waals surface area (Å²) in [6.45, 7) is 8.17. The number of carbonyl (C=O) groups is 1. The Bertz CT molecular complexity index is 958. The van der Waals surface area contributed by atoms with Crippen molar-refractivity contribution in [3.63, 3.8) is 0 Å². The predicted octanol–water partition coefficient (Wildman–Crippen LogP) is 4.77. The molecule has 0 radical (unpaired) electrons. The van der Waals surface area contributed by atoms with Gasteiger partial charge in [0, 0.05) is 23.7 Å². The molecule has 0 saturated carbocycles. The maximum atomic E-state index is 12.0. The lowest BCUT2D eigenvalue weighted by molar-refractivity contribution is 0.0526. The average Bonchev–Trinajstić information content (AvgIpc) is 2.68. The lowest BCUT2D eigenvalue weighted by Gasteiger charge is -2.38. The molecule has 160 valence electrons.